The summed E-state index contributed by atoms with van der Waals surface area (Å²) in [4.78, 5) is 0. The lowest BCUT2D eigenvalue weighted by atomic mass is 10.1. The third-order valence-corrected chi connectivity index (χ3v) is 2.92. The number of aromatic nitrogens is 2. The molecule has 1 aromatic carbocycles. The maximum Gasteiger partial charge on any atom is 0.217 e. The van der Waals surface area contributed by atoms with E-state index in [0.717, 1.165) is 50.6 Å². The number of rotatable bonds is 8. The Balaban J connectivity index is 1.74. The van der Waals surface area contributed by atoms with Crippen molar-refractivity contribution in [1.82, 2.24) is 15.5 Å². The lowest BCUT2D eigenvalue weighted by Crippen LogP contribution is -2.17. The summed E-state index contributed by atoms with van der Waals surface area (Å²) in [6.07, 6.45) is 3.69. The molecule has 0 radical (unpaired) electrons. The third kappa shape index (κ3) is 4.83. The molecule has 19 heavy (non-hydrogen) atoms. The Morgan fingerprint density at radius 2 is 1.68 bits per heavy atom. The van der Waals surface area contributed by atoms with E-state index in [1.165, 1.54) is 5.56 Å². The molecular weight excluding hydrogens is 238 g/mol. The summed E-state index contributed by atoms with van der Waals surface area (Å²) in [5.74, 6) is 1.46. The molecule has 0 bridgehead atoms. The predicted octanol–water partition coefficient (Wildman–Crippen LogP) is 2.40. The van der Waals surface area contributed by atoms with Gasteiger partial charge in [-0.1, -0.05) is 37.3 Å². The SMILES string of the molecule is CCCNCCc1nnc(CCc2ccccc2)o1. The number of nitrogens with one attached hydrogen (secondary N) is 1. The molecule has 0 amide bonds. The molecule has 0 fully saturated rings. The van der Waals surface area contributed by atoms with Crippen LogP contribution in [0.25, 0.3) is 0 Å². The Kier molecular flexibility index (Phi) is 5.56. The van der Waals surface area contributed by atoms with Crippen molar-refractivity contribution in [2.24, 2.45) is 0 Å². The Bertz CT molecular complexity index is 467. The Labute approximate surface area is 114 Å². The molecule has 102 valence electrons. The normalized spacial score (nSPS) is 10.8. The van der Waals surface area contributed by atoms with Crippen LogP contribution in [0.2, 0.25) is 0 Å². The molecule has 1 N–H and O–H groups in total. The van der Waals surface area contributed by atoms with E-state index in [0.29, 0.717) is 0 Å². The topological polar surface area (TPSA) is 51.0 Å². The van der Waals surface area contributed by atoms with Crippen molar-refractivity contribution in [3.63, 3.8) is 0 Å². The van der Waals surface area contributed by atoms with E-state index in [9.17, 15) is 0 Å². The van der Waals surface area contributed by atoms with Gasteiger partial charge in [-0.25, -0.2) is 0 Å². The molecule has 1 heterocycles. The Morgan fingerprint density at radius 1 is 0.947 bits per heavy atom. The molecule has 0 aliphatic heterocycles. The van der Waals surface area contributed by atoms with Crippen molar-refractivity contribution in [3.05, 3.63) is 47.7 Å². The van der Waals surface area contributed by atoms with Gasteiger partial charge >= 0.3 is 0 Å². The summed E-state index contributed by atoms with van der Waals surface area (Å²) in [5.41, 5.74) is 1.30. The Hall–Kier alpha value is -1.68. The highest BCUT2D eigenvalue weighted by Crippen LogP contribution is 2.06. The van der Waals surface area contributed by atoms with Gasteiger partial charge in [-0.3, -0.25) is 0 Å². The van der Waals surface area contributed by atoms with Crippen LogP contribution in [0.3, 0.4) is 0 Å². The van der Waals surface area contributed by atoms with Gasteiger partial charge in [0.25, 0.3) is 0 Å². The summed E-state index contributed by atoms with van der Waals surface area (Å²) in [6, 6.07) is 10.4. The lowest BCUT2D eigenvalue weighted by molar-refractivity contribution is 0.443. The van der Waals surface area contributed by atoms with Crippen LogP contribution in [0.5, 0.6) is 0 Å². The molecule has 4 heteroatoms. The van der Waals surface area contributed by atoms with Gasteiger partial charge in [0.05, 0.1) is 0 Å². The first-order valence-electron chi connectivity index (χ1n) is 6.94. The predicted molar refractivity (Wildman–Crippen MR) is 75.0 cm³/mol. The van der Waals surface area contributed by atoms with Crippen LogP contribution < -0.4 is 5.32 Å². The van der Waals surface area contributed by atoms with E-state index in [4.69, 9.17) is 4.42 Å². The highest BCUT2D eigenvalue weighted by Gasteiger charge is 2.05. The van der Waals surface area contributed by atoms with Crippen LogP contribution in [0.1, 0.15) is 30.7 Å². The largest absolute Gasteiger partial charge is 0.425 e. The summed E-state index contributed by atoms with van der Waals surface area (Å²) in [6.45, 7) is 4.09. The van der Waals surface area contributed by atoms with Crippen LogP contribution in [-0.4, -0.2) is 23.3 Å². The van der Waals surface area contributed by atoms with E-state index in [1.54, 1.807) is 0 Å². The van der Waals surface area contributed by atoms with Crippen LogP contribution in [-0.2, 0) is 19.3 Å². The quantitative estimate of drug-likeness (QED) is 0.740. The van der Waals surface area contributed by atoms with Crippen molar-refractivity contribution in [3.8, 4) is 0 Å². The van der Waals surface area contributed by atoms with Crippen molar-refractivity contribution >= 4 is 0 Å². The van der Waals surface area contributed by atoms with Gasteiger partial charge in [0.1, 0.15) is 0 Å². The number of aryl methyl sites for hydroxylation is 2. The van der Waals surface area contributed by atoms with Gasteiger partial charge in [-0.05, 0) is 24.9 Å². The summed E-state index contributed by atoms with van der Waals surface area (Å²) < 4.78 is 5.62. The molecular formula is C15H21N3O. The molecule has 0 spiro atoms. The van der Waals surface area contributed by atoms with Crippen molar-refractivity contribution in [2.75, 3.05) is 13.1 Å². The summed E-state index contributed by atoms with van der Waals surface area (Å²) in [5, 5.41) is 11.5. The first-order valence-corrected chi connectivity index (χ1v) is 6.94. The minimum atomic E-state index is 0.728. The molecule has 2 aromatic rings. The maximum absolute atomic E-state index is 5.62. The molecule has 0 aliphatic rings. The minimum absolute atomic E-state index is 0.728. The average molecular weight is 259 g/mol. The van der Waals surface area contributed by atoms with Crippen molar-refractivity contribution in [2.45, 2.75) is 32.6 Å². The smallest absolute Gasteiger partial charge is 0.217 e. The fourth-order valence-corrected chi connectivity index (χ4v) is 1.88. The maximum atomic E-state index is 5.62. The summed E-state index contributed by atoms with van der Waals surface area (Å²) >= 11 is 0. The fourth-order valence-electron chi connectivity index (χ4n) is 1.88. The second-order valence-electron chi connectivity index (χ2n) is 4.58. The highest BCUT2D eigenvalue weighted by molar-refractivity contribution is 5.15. The van der Waals surface area contributed by atoms with Crippen LogP contribution in [0.15, 0.2) is 34.7 Å². The van der Waals surface area contributed by atoms with Gasteiger partial charge < -0.3 is 9.73 Å². The number of hydrogen-bond donors (Lipinski definition) is 1. The first-order chi connectivity index (χ1) is 9.38. The highest BCUT2D eigenvalue weighted by atomic mass is 16.4. The van der Waals surface area contributed by atoms with Gasteiger partial charge in [0, 0.05) is 19.4 Å². The third-order valence-electron chi connectivity index (χ3n) is 2.92. The van der Waals surface area contributed by atoms with Crippen LogP contribution in [0, 0.1) is 0 Å². The number of nitrogens with zero attached hydrogens (tertiary/aromatic N) is 2. The second kappa shape index (κ2) is 7.69. The van der Waals surface area contributed by atoms with Gasteiger partial charge in [0.2, 0.25) is 11.8 Å². The number of benzene rings is 1. The van der Waals surface area contributed by atoms with Gasteiger partial charge in [-0.2, -0.15) is 0 Å². The summed E-state index contributed by atoms with van der Waals surface area (Å²) in [7, 11) is 0. The zero-order valence-electron chi connectivity index (χ0n) is 11.4. The molecule has 0 aliphatic carbocycles. The molecule has 0 saturated carbocycles. The van der Waals surface area contributed by atoms with E-state index >= 15 is 0 Å². The molecule has 0 saturated heterocycles. The zero-order valence-corrected chi connectivity index (χ0v) is 11.4. The minimum Gasteiger partial charge on any atom is -0.425 e. The molecule has 4 nitrogen and oxygen atoms in total. The van der Waals surface area contributed by atoms with Crippen molar-refractivity contribution < 1.29 is 4.42 Å². The molecule has 1 aromatic heterocycles. The molecule has 2 rings (SSSR count). The molecule has 0 atom stereocenters. The fraction of sp³-hybridized carbons (Fsp3) is 0.467. The average Bonchev–Trinajstić information content (AvgIpc) is 2.91. The lowest BCUT2D eigenvalue weighted by Gasteiger charge is -1.99. The first kappa shape index (κ1) is 13.7. The van der Waals surface area contributed by atoms with E-state index in [1.807, 2.05) is 18.2 Å². The zero-order chi connectivity index (χ0) is 13.3. The Morgan fingerprint density at radius 3 is 2.42 bits per heavy atom. The molecule has 0 unspecified atom stereocenters. The monoisotopic (exact) mass is 259 g/mol. The van der Waals surface area contributed by atoms with Crippen molar-refractivity contribution in [1.29, 1.82) is 0 Å². The number of hydrogen-bond acceptors (Lipinski definition) is 4. The van der Waals surface area contributed by atoms with Gasteiger partial charge in [0.15, 0.2) is 0 Å². The van der Waals surface area contributed by atoms with Crippen LogP contribution in [0.4, 0.5) is 0 Å². The van der Waals surface area contributed by atoms with E-state index in [-0.39, 0.29) is 0 Å². The standard InChI is InChI=1S/C15H21N3O/c1-2-11-16-12-10-15-18-17-14(19-15)9-8-13-6-4-3-5-7-13/h3-7,16H,2,8-12H2,1H3. The van der Waals surface area contributed by atoms with Gasteiger partial charge in [-0.15, -0.1) is 10.2 Å². The second-order valence-corrected chi connectivity index (χ2v) is 4.58. The van der Waals surface area contributed by atoms with Crippen LogP contribution >= 0.6 is 0 Å². The van der Waals surface area contributed by atoms with E-state index < -0.39 is 0 Å². The van der Waals surface area contributed by atoms with E-state index in [2.05, 4.69) is 34.6 Å².